The summed E-state index contributed by atoms with van der Waals surface area (Å²) < 4.78 is 13.3. The van der Waals surface area contributed by atoms with E-state index in [2.05, 4.69) is 41.2 Å². The molecule has 0 spiro atoms. The summed E-state index contributed by atoms with van der Waals surface area (Å²) in [5, 5.41) is 8.28. The molecule has 0 atom stereocenters. The Morgan fingerprint density at radius 1 is 1.29 bits per heavy atom. The van der Waals surface area contributed by atoms with Gasteiger partial charge in [-0.1, -0.05) is 12.1 Å². The number of rotatable bonds is 9. The van der Waals surface area contributed by atoms with Crippen molar-refractivity contribution in [3.05, 3.63) is 53.3 Å². The summed E-state index contributed by atoms with van der Waals surface area (Å²) in [5.41, 5.74) is 3.05. The maximum atomic E-state index is 12.9. The van der Waals surface area contributed by atoms with Crippen molar-refractivity contribution in [2.24, 2.45) is 0 Å². The first-order valence-corrected chi connectivity index (χ1v) is 12.0. The summed E-state index contributed by atoms with van der Waals surface area (Å²) in [7, 11) is 2.15. The van der Waals surface area contributed by atoms with Gasteiger partial charge in [0, 0.05) is 43.8 Å². The fourth-order valence-corrected chi connectivity index (χ4v) is 4.31. The molecule has 1 fully saturated rings. The predicted octanol–water partition coefficient (Wildman–Crippen LogP) is 3.74. The van der Waals surface area contributed by atoms with Crippen LogP contribution in [-0.4, -0.2) is 65.0 Å². The number of nitrogens with zero attached hydrogens (tertiary/aromatic N) is 4. The molecule has 1 saturated heterocycles. The van der Waals surface area contributed by atoms with Gasteiger partial charge in [0.2, 0.25) is 0 Å². The number of benzene rings is 1. The molecule has 182 valence electrons. The number of carbonyl (C=O) groups excluding carboxylic acids is 1. The highest BCUT2D eigenvalue weighted by atomic mass is 16.5. The molecule has 0 bridgehead atoms. The van der Waals surface area contributed by atoms with Crippen LogP contribution in [0.2, 0.25) is 0 Å². The third kappa shape index (κ3) is 5.74. The van der Waals surface area contributed by atoms with Gasteiger partial charge in [-0.25, -0.2) is 9.67 Å². The number of aromatic nitrogens is 3. The Kier molecular flexibility index (Phi) is 7.80. The summed E-state index contributed by atoms with van der Waals surface area (Å²) in [6.07, 6.45) is 3.92. The molecule has 3 heterocycles. The largest absolute Gasteiger partial charge is 0.492 e. The highest BCUT2D eigenvalue weighted by molar-refractivity contribution is 5.98. The number of pyridine rings is 1. The lowest BCUT2D eigenvalue weighted by atomic mass is 10.1. The standard InChI is InChI=1S/C26H35N5O3/c1-18(2)31-25-21(17-28-31)15-24(19(3)29-25)26(32)27-16-20-6-5-7-23(14-20)34-13-10-30(4)22-8-11-33-12-9-22/h5-7,14-15,17-18,22H,8-13,16H2,1-4H3,(H,27,32). The van der Waals surface area contributed by atoms with Crippen molar-refractivity contribution >= 4 is 16.9 Å². The van der Waals surface area contributed by atoms with Gasteiger partial charge < -0.3 is 14.8 Å². The Labute approximate surface area is 201 Å². The molecule has 34 heavy (non-hydrogen) atoms. The summed E-state index contributed by atoms with van der Waals surface area (Å²) in [5.74, 6) is 0.668. The van der Waals surface area contributed by atoms with Gasteiger partial charge in [-0.05, 0) is 64.4 Å². The van der Waals surface area contributed by atoms with E-state index in [4.69, 9.17) is 9.47 Å². The van der Waals surface area contributed by atoms with E-state index in [1.165, 1.54) is 0 Å². The number of likely N-dealkylation sites (N-methyl/N-ethyl adjacent to an activating group) is 1. The normalized spacial score (nSPS) is 14.8. The molecule has 1 aliphatic heterocycles. The van der Waals surface area contributed by atoms with Crippen LogP contribution in [0.3, 0.4) is 0 Å². The molecule has 0 unspecified atom stereocenters. The molecular formula is C26H35N5O3. The van der Waals surface area contributed by atoms with Gasteiger partial charge in [-0.3, -0.25) is 9.69 Å². The van der Waals surface area contributed by atoms with Gasteiger partial charge in [0.15, 0.2) is 5.65 Å². The molecule has 1 N–H and O–H groups in total. The second-order valence-corrected chi connectivity index (χ2v) is 9.22. The lowest BCUT2D eigenvalue weighted by molar-refractivity contribution is 0.0392. The van der Waals surface area contributed by atoms with Crippen molar-refractivity contribution in [3.8, 4) is 5.75 Å². The Balaban J connectivity index is 1.32. The Bertz CT molecular complexity index is 1120. The molecule has 8 nitrogen and oxygen atoms in total. The summed E-state index contributed by atoms with van der Waals surface area (Å²) in [6, 6.07) is 10.5. The highest BCUT2D eigenvalue weighted by Gasteiger charge is 2.18. The minimum atomic E-state index is -0.145. The van der Waals surface area contributed by atoms with Gasteiger partial charge in [0.1, 0.15) is 12.4 Å². The topological polar surface area (TPSA) is 81.5 Å². The van der Waals surface area contributed by atoms with Gasteiger partial charge >= 0.3 is 0 Å². The second kappa shape index (κ2) is 11.0. The quantitative estimate of drug-likeness (QED) is 0.519. The molecule has 0 radical (unpaired) electrons. The third-order valence-corrected chi connectivity index (χ3v) is 6.37. The summed E-state index contributed by atoms with van der Waals surface area (Å²) in [4.78, 5) is 19.9. The molecular weight excluding hydrogens is 430 g/mol. The Morgan fingerprint density at radius 2 is 2.09 bits per heavy atom. The fourth-order valence-electron chi connectivity index (χ4n) is 4.31. The second-order valence-electron chi connectivity index (χ2n) is 9.22. The van der Waals surface area contributed by atoms with E-state index in [-0.39, 0.29) is 11.9 Å². The smallest absolute Gasteiger partial charge is 0.253 e. The van der Waals surface area contributed by atoms with E-state index in [1.807, 2.05) is 41.9 Å². The molecule has 8 heteroatoms. The van der Waals surface area contributed by atoms with Crippen LogP contribution in [0, 0.1) is 6.92 Å². The maximum absolute atomic E-state index is 12.9. The number of nitrogens with one attached hydrogen (secondary N) is 1. The molecule has 0 saturated carbocycles. The van der Waals surface area contributed by atoms with Gasteiger partial charge in [-0.2, -0.15) is 5.10 Å². The molecule has 2 aromatic heterocycles. The van der Waals surface area contributed by atoms with Crippen molar-refractivity contribution in [1.82, 2.24) is 25.0 Å². The average molecular weight is 466 g/mol. The molecule has 1 aliphatic rings. The van der Waals surface area contributed by atoms with Gasteiger partial charge in [0.25, 0.3) is 5.91 Å². The predicted molar refractivity (Wildman–Crippen MR) is 132 cm³/mol. The lowest BCUT2D eigenvalue weighted by Gasteiger charge is -2.31. The summed E-state index contributed by atoms with van der Waals surface area (Å²) in [6.45, 7) is 9.58. The van der Waals surface area contributed by atoms with E-state index < -0.39 is 0 Å². The maximum Gasteiger partial charge on any atom is 0.253 e. The van der Waals surface area contributed by atoms with Crippen LogP contribution in [0.25, 0.3) is 11.0 Å². The molecule has 4 rings (SSSR count). The van der Waals surface area contributed by atoms with Gasteiger partial charge in [0.05, 0.1) is 17.5 Å². The zero-order valence-electron chi connectivity index (χ0n) is 20.6. The highest BCUT2D eigenvalue weighted by Crippen LogP contribution is 2.20. The fraction of sp³-hybridized carbons (Fsp3) is 0.500. The SMILES string of the molecule is Cc1nc2c(cnn2C(C)C)cc1C(=O)NCc1cccc(OCCN(C)C2CCOCC2)c1. The number of amides is 1. The zero-order valence-corrected chi connectivity index (χ0v) is 20.6. The van der Waals surface area contributed by atoms with Crippen LogP contribution >= 0.6 is 0 Å². The zero-order chi connectivity index (χ0) is 24.1. The number of carbonyl (C=O) groups is 1. The van der Waals surface area contributed by atoms with Crippen molar-refractivity contribution in [1.29, 1.82) is 0 Å². The number of ether oxygens (including phenoxy) is 2. The minimum Gasteiger partial charge on any atom is -0.492 e. The van der Waals surface area contributed by atoms with Crippen LogP contribution in [0.4, 0.5) is 0 Å². The van der Waals surface area contributed by atoms with Crippen molar-refractivity contribution in [3.63, 3.8) is 0 Å². The number of hydrogen-bond donors (Lipinski definition) is 1. The molecule has 3 aromatic rings. The van der Waals surface area contributed by atoms with E-state index in [0.29, 0.717) is 30.5 Å². The number of fused-ring (bicyclic) bond motifs is 1. The van der Waals surface area contributed by atoms with Gasteiger partial charge in [-0.15, -0.1) is 0 Å². The first-order valence-electron chi connectivity index (χ1n) is 12.0. The molecule has 1 aromatic carbocycles. The van der Waals surface area contributed by atoms with Crippen molar-refractivity contribution in [2.75, 3.05) is 33.4 Å². The minimum absolute atomic E-state index is 0.145. The van der Waals surface area contributed by atoms with Crippen molar-refractivity contribution in [2.45, 2.75) is 52.2 Å². The van der Waals surface area contributed by atoms with Crippen LogP contribution in [0.15, 0.2) is 36.5 Å². The first kappa shape index (κ1) is 24.2. The van der Waals surface area contributed by atoms with E-state index in [1.54, 1.807) is 6.20 Å². The van der Waals surface area contributed by atoms with Crippen LogP contribution in [-0.2, 0) is 11.3 Å². The molecule has 0 aliphatic carbocycles. The number of aryl methyl sites for hydroxylation is 1. The van der Waals surface area contributed by atoms with E-state index in [0.717, 1.165) is 54.9 Å². The monoisotopic (exact) mass is 465 g/mol. The first-order chi connectivity index (χ1) is 16.4. The van der Waals surface area contributed by atoms with Crippen molar-refractivity contribution < 1.29 is 14.3 Å². The van der Waals surface area contributed by atoms with Crippen LogP contribution in [0.1, 0.15) is 54.3 Å². The Morgan fingerprint density at radius 3 is 2.85 bits per heavy atom. The van der Waals surface area contributed by atoms with Crippen LogP contribution in [0.5, 0.6) is 5.75 Å². The third-order valence-electron chi connectivity index (χ3n) is 6.37. The molecule has 1 amide bonds. The lowest BCUT2D eigenvalue weighted by Crippen LogP contribution is -2.38. The number of hydrogen-bond acceptors (Lipinski definition) is 6. The average Bonchev–Trinajstić information content (AvgIpc) is 3.26. The van der Waals surface area contributed by atoms with Crippen LogP contribution < -0.4 is 10.1 Å². The summed E-state index contributed by atoms with van der Waals surface area (Å²) >= 11 is 0. The Hall–Kier alpha value is -2.97. The van der Waals surface area contributed by atoms with E-state index in [9.17, 15) is 4.79 Å². The van der Waals surface area contributed by atoms with E-state index >= 15 is 0 Å².